The lowest BCUT2D eigenvalue weighted by atomic mass is 10.2. The molecule has 0 fully saturated rings. The van der Waals surface area contributed by atoms with Crippen LogP contribution in [0.3, 0.4) is 0 Å². The molecule has 2 N–H and O–H groups in total. The molecule has 2 aromatic rings. The maximum absolute atomic E-state index is 13.4. The molecule has 0 saturated heterocycles. The molecule has 0 aliphatic carbocycles. The highest BCUT2D eigenvalue weighted by atomic mass is 32.1. The maximum Gasteiger partial charge on any atom is 0.191 e. The van der Waals surface area contributed by atoms with E-state index in [9.17, 15) is 13.2 Å². The van der Waals surface area contributed by atoms with Gasteiger partial charge in [-0.2, -0.15) is 5.10 Å². The van der Waals surface area contributed by atoms with E-state index in [0.29, 0.717) is 5.56 Å². The SMILES string of the molecule is Fc1ccc(/C=N\NC(=S)Nc2ccccc2F)cc1F. The van der Waals surface area contributed by atoms with Crippen LogP contribution in [0.2, 0.25) is 0 Å². The van der Waals surface area contributed by atoms with E-state index in [1.165, 1.54) is 24.4 Å². The fourth-order valence-electron chi connectivity index (χ4n) is 1.47. The van der Waals surface area contributed by atoms with Gasteiger partial charge in [0.15, 0.2) is 16.7 Å². The maximum atomic E-state index is 13.4. The van der Waals surface area contributed by atoms with Crippen molar-refractivity contribution in [3.05, 3.63) is 65.5 Å². The van der Waals surface area contributed by atoms with E-state index in [1.54, 1.807) is 12.1 Å². The molecule has 3 nitrogen and oxygen atoms in total. The molecule has 0 atom stereocenters. The molecule has 0 aromatic heterocycles. The largest absolute Gasteiger partial charge is 0.329 e. The fourth-order valence-corrected chi connectivity index (χ4v) is 1.63. The molecule has 21 heavy (non-hydrogen) atoms. The summed E-state index contributed by atoms with van der Waals surface area (Å²) in [6.45, 7) is 0. The van der Waals surface area contributed by atoms with Crippen LogP contribution in [-0.2, 0) is 0 Å². The molecule has 0 bridgehead atoms. The van der Waals surface area contributed by atoms with Gasteiger partial charge in [0.25, 0.3) is 0 Å². The number of para-hydroxylation sites is 1. The van der Waals surface area contributed by atoms with Crippen LogP contribution in [0.25, 0.3) is 0 Å². The highest BCUT2D eigenvalue weighted by Crippen LogP contribution is 2.11. The molecule has 0 heterocycles. The van der Waals surface area contributed by atoms with Crippen LogP contribution >= 0.6 is 12.2 Å². The third-order valence-corrected chi connectivity index (χ3v) is 2.64. The topological polar surface area (TPSA) is 36.4 Å². The van der Waals surface area contributed by atoms with Crippen molar-refractivity contribution >= 4 is 29.2 Å². The van der Waals surface area contributed by atoms with Crippen molar-refractivity contribution in [3.8, 4) is 0 Å². The summed E-state index contributed by atoms with van der Waals surface area (Å²) in [5.74, 6) is -2.35. The van der Waals surface area contributed by atoms with E-state index >= 15 is 0 Å². The molecule has 0 unspecified atom stereocenters. The predicted octanol–water partition coefficient (Wildman–Crippen LogP) is 3.42. The van der Waals surface area contributed by atoms with Crippen molar-refractivity contribution in [1.29, 1.82) is 0 Å². The number of rotatable bonds is 3. The smallest absolute Gasteiger partial charge is 0.191 e. The number of benzene rings is 2. The zero-order valence-electron chi connectivity index (χ0n) is 10.6. The van der Waals surface area contributed by atoms with Crippen LogP contribution in [-0.4, -0.2) is 11.3 Å². The number of nitrogens with zero attached hydrogens (tertiary/aromatic N) is 1. The van der Waals surface area contributed by atoms with Gasteiger partial charge in [-0.3, -0.25) is 5.43 Å². The van der Waals surface area contributed by atoms with Crippen molar-refractivity contribution in [2.45, 2.75) is 0 Å². The zero-order chi connectivity index (χ0) is 15.2. The lowest BCUT2D eigenvalue weighted by Crippen LogP contribution is -2.24. The van der Waals surface area contributed by atoms with Crippen LogP contribution in [0.5, 0.6) is 0 Å². The molecule has 2 rings (SSSR count). The van der Waals surface area contributed by atoms with E-state index in [2.05, 4.69) is 15.8 Å². The summed E-state index contributed by atoms with van der Waals surface area (Å²) in [6.07, 6.45) is 1.26. The number of hydrogen-bond donors (Lipinski definition) is 2. The first-order chi connectivity index (χ1) is 10.1. The fraction of sp³-hybridized carbons (Fsp3) is 0. The third-order valence-electron chi connectivity index (χ3n) is 2.45. The first-order valence-electron chi connectivity index (χ1n) is 5.86. The van der Waals surface area contributed by atoms with Crippen LogP contribution in [0.1, 0.15) is 5.56 Å². The number of hydrazone groups is 1. The second-order valence-corrected chi connectivity index (χ2v) is 4.39. The number of thiocarbonyl (C=S) groups is 1. The van der Waals surface area contributed by atoms with E-state index in [4.69, 9.17) is 12.2 Å². The minimum Gasteiger partial charge on any atom is -0.329 e. The average Bonchev–Trinajstić information content (AvgIpc) is 2.45. The lowest BCUT2D eigenvalue weighted by Gasteiger charge is -2.07. The summed E-state index contributed by atoms with van der Waals surface area (Å²) in [4.78, 5) is 0. The second kappa shape index (κ2) is 6.85. The van der Waals surface area contributed by atoms with Crippen molar-refractivity contribution in [3.63, 3.8) is 0 Å². The summed E-state index contributed by atoms with van der Waals surface area (Å²) in [5, 5.41) is 6.43. The minimum atomic E-state index is -0.967. The Morgan fingerprint density at radius 1 is 1.00 bits per heavy atom. The minimum absolute atomic E-state index is 0.0685. The summed E-state index contributed by atoms with van der Waals surface area (Å²) < 4.78 is 39.0. The van der Waals surface area contributed by atoms with E-state index in [-0.39, 0.29) is 10.8 Å². The number of nitrogens with one attached hydrogen (secondary N) is 2. The van der Waals surface area contributed by atoms with Gasteiger partial charge < -0.3 is 5.32 Å². The van der Waals surface area contributed by atoms with Crippen LogP contribution in [0.15, 0.2) is 47.6 Å². The Morgan fingerprint density at radius 3 is 2.48 bits per heavy atom. The van der Waals surface area contributed by atoms with Gasteiger partial charge in [0, 0.05) is 0 Å². The highest BCUT2D eigenvalue weighted by Gasteiger charge is 2.02. The standard InChI is InChI=1S/C14H10F3N3S/c15-10-6-5-9(7-12(10)17)8-18-20-14(21)19-13-4-2-1-3-11(13)16/h1-8H,(H2,19,20,21)/b18-8-. The monoisotopic (exact) mass is 309 g/mol. The molecule has 0 spiro atoms. The van der Waals surface area contributed by atoms with E-state index in [0.717, 1.165) is 12.1 Å². The Bertz CT molecular complexity index is 689. The number of anilines is 1. The first-order valence-corrected chi connectivity index (χ1v) is 6.27. The summed E-state index contributed by atoms with van der Waals surface area (Å²) in [5.41, 5.74) is 3.01. The van der Waals surface area contributed by atoms with Gasteiger partial charge in [-0.05, 0) is 42.0 Å². The Labute approximate surface area is 124 Å². The Morgan fingerprint density at radius 2 is 1.76 bits per heavy atom. The van der Waals surface area contributed by atoms with Gasteiger partial charge in [-0.15, -0.1) is 0 Å². The summed E-state index contributed by atoms with van der Waals surface area (Å²) in [7, 11) is 0. The average molecular weight is 309 g/mol. The third kappa shape index (κ3) is 4.28. The van der Waals surface area contributed by atoms with Crippen LogP contribution < -0.4 is 10.7 Å². The van der Waals surface area contributed by atoms with Gasteiger partial charge in [0.1, 0.15) is 5.82 Å². The number of hydrogen-bond acceptors (Lipinski definition) is 2. The van der Waals surface area contributed by atoms with Gasteiger partial charge in [-0.25, -0.2) is 13.2 Å². The highest BCUT2D eigenvalue weighted by molar-refractivity contribution is 7.80. The Kier molecular flexibility index (Phi) is 4.89. The Hall–Kier alpha value is -2.41. The predicted molar refractivity (Wildman–Crippen MR) is 79.7 cm³/mol. The lowest BCUT2D eigenvalue weighted by molar-refractivity contribution is 0.508. The molecule has 2 aromatic carbocycles. The van der Waals surface area contributed by atoms with Crippen LogP contribution in [0, 0.1) is 17.5 Å². The van der Waals surface area contributed by atoms with Gasteiger partial charge in [-0.1, -0.05) is 18.2 Å². The summed E-state index contributed by atoms with van der Waals surface area (Å²) in [6, 6.07) is 9.35. The van der Waals surface area contributed by atoms with Gasteiger partial charge in [0.05, 0.1) is 11.9 Å². The van der Waals surface area contributed by atoms with E-state index < -0.39 is 17.5 Å². The molecule has 7 heteroatoms. The van der Waals surface area contributed by atoms with Crippen LogP contribution in [0.4, 0.5) is 18.9 Å². The van der Waals surface area contributed by atoms with Crippen molar-refractivity contribution < 1.29 is 13.2 Å². The van der Waals surface area contributed by atoms with Crippen molar-refractivity contribution in [2.24, 2.45) is 5.10 Å². The van der Waals surface area contributed by atoms with E-state index in [1.807, 2.05) is 0 Å². The molecule has 0 amide bonds. The molecular weight excluding hydrogens is 299 g/mol. The number of halogens is 3. The zero-order valence-corrected chi connectivity index (χ0v) is 11.4. The first kappa shape index (κ1) is 15.0. The Balaban J connectivity index is 1.93. The molecular formula is C14H10F3N3S. The second-order valence-electron chi connectivity index (χ2n) is 3.98. The van der Waals surface area contributed by atoms with Gasteiger partial charge in [0.2, 0.25) is 0 Å². The van der Waals surface area contributed by atoms with Crippen molar-refractivity contribution in [1.82, 2.24) is 5.43 Å². The summed E-state index contributed by atoms with van der Waals surface area (Å²) >= 11 is 4.92. The molecule has 0 radical (unpaired) electrons. The normalized spacial score (nSPS) is 10.6. The molecule has 0 aliphatic rings. The van der Waals surface area contributed by atoms with Gasteiger partial charge >= 0.3 is 0 Å². The molecule has 0 saturated carbocycles. The van der Waals surface area contributed by atoms with Crippen molar-refractivity contribution in [2.75, 3.05) is 5.32 Å². The quantitative estimate of drug-likeness (QED) is 0.518. The molecule has 108 valence electrons. The molecule has 0 aliphatic heterocycles.